The highest BCUT2D eigenvalue weighted by Crippen LogP contribution is 2.32. The van der Waals surface area contributed by atoms with E-state index in [1.54, 1.807) is 0 Å². The number of fused-ring (bicyclic) bond motifs is 1. The molecule has 5 N–H and O–H groups in total. The summed E-state index contributed by atoms with van der Waals surface area (Å²) in [6.45, 7) is 11.3. The third-order valence-electron chi connectivity index (χ3n) is 6.43. The first kappa shape index (κ1) is 23.6. The zero-order valence-electron chi connectivity index (χ0n) is 20.5. The van der Waals surface area contributed by atoms with Crippen molar-refractivity contribution >= 4 is 22.4 Å². The third-order valence-corrected chi connectivity index (χ3v) is 6.43. The second kappa shape index (κ2) is 9.35. The minimum Gasteiger partial charge on any atom is -0.383 e. The summed E-state index contributed by atoms with van der Waals surface area (Å²) >= 11 is 0. The lowest BCUT2D eigenvalue weighted by Gasteiger charge is -2.19. The molecule has 2 aromatic heterocycles. The van der Waals surface area contributed by atoms with Gasteiger partial charge in [0, 0.05) is 65.3 Å². The molecule has 178 valence electrons. The Balaban J connectivity index is 1.78. The number of nitrogens with zero attached hydrogens (tertiary/aromatic N) is 1. The molecule has 34 heavy (non-hydrogen) atoms. The van der Waals surface area contributed by atoms with Crippen LogP contribution in [0.15, 0.2) is 47.0 Å². The van der Waals surface area contributed by atoms with Gasteiger partial charge in [-0.25, -0.2) is 0 Å². The number of H-pyrrole nitrogens is 1. The molecule has 7 nitrogen and oxygen atoms in total. The van der Waals surface area contributed by atoms with Crippen LogP contribution in [-0.4, -0.2) is 28.5 Å². The number of rotatable bonds is 6. The summed E-state index contributed by atoms with van der Waals surface area (Å²) in [6, 6.07) is 6.28. The molecule has 1 amide bonds. The van der Waals surface area contributed by atoms with Crippen LogP contribution < -0.4 is 21.9 Å². The second-order valence-corrected chi connectivity index (χ2v) is 9.30. The number of aryl methyl sites for hydroxylation is 3. The number of benzene rings is 1. The van der Waals surface area contributed by atoms with Crippen molar-refractivity contribution in [2.24, 2.45) is 5.73 Å². The van der Waals surface area contributed by atoms with Crippen molar-refractivity contribution in [2.45, 2.75) is 47.2 Å². The molecule has 0 spiro atoms. The number of allylic oxidation sites excluding steroid dienone is 2. The van der Waals surface area contributed by atoms with Crippen LogP contribution in [0.3, 0.4) is 0 Å². The summed E-state index contributed by atoms with van der Waals surface area (Å²) < 4.78 is 2.21. The Morgan fingerprint density at radius 1 is 1.15 bits per heavy atom. The predicted octanol–water partition coefficient (Wildman–Crippen LogP) is 3.59. The second-order valence-electron chi connectivity index (χ2n) is 9.30. The van der Waals surface area contributed by atoms with Crippen molar-refractivity contribution in [3.05, 3.63) is 86.1 Å². The topological polar surface area (TPSA) is 105 Å². The molecule has 1 aliphatic rings. The van der Waals surface area contributed by atoms with E-state index in [1.165, 1.54) is 0 Å². The van der Waals surface area contributed by atoms with Crippen molar-refractivity contribution in [3.63, 3.8) is 0 Å². The molecule has 1 aliphatic heterocycles. The molecule has 0 unspecified atom stereocenters. The number of nitrogens with two attached hydrogens (primary N) is 1. The number of carbonyl (C=O) groups excluding carboxylic acids is 1. The molecular weight excluding hydrogens is 426 g/mol. The van der Waals surface area contributed by atoms with Crippen LogP contribution in [0.4, 0.5) is 0 Å². The fourth-order valence-electron chi connectivity index (χ4n) is 4.61. The fourth-order valence-corrected chi connectivity index (χ4v) is 4.61. The molecule has 0 radical (unpaired) electrons. The number of pyridine rings is 1. The molecule has 0 saturated heterocycles. The minimum absolute atomic E-state index is 0.167. The first-order chi connectivity index (χ1) is 16.2. The van der Waals surface area contributed by atoms with Crippen molar-refractivity contribution in [1.29, 1.82) is 0 Å². The van der Waals surface area contributed by atoms with E-state index in [2.05, 4.69) is 52.4 Å². The lowest BCUT2D eigenvalue weighted by atomic mass is 9.96. The zero-order chi connectivity index (χ0) is 24.6. The largest absolute Gasteiger partial charge is 0.383 e. The van der Waals surface area contributed by atoms with Gasteiger partial charge in [0.1, 0.15) is 0 Å². The van der Waals surface area contributed by atoms with Gasteiger partial charge in [0.15, 0.2) is 0 Å². The lowest BCUT2D eigenvalue weighted by Crippen LogP contribution is -2.28. The van der Waals surface area contributed by atoms with Crippen molar-refractivity contribution < 1.29 is 4.79 Å². The first-order valence-corrected chi connectivity index (χ1v) is 11.7. The summed E-state index contributed by atoms with van der Waals surface area (Å²) in [5, 5.41) is 7.27. The fraction of sp³-hybridized carbons (Fsp3) is 0.333. The molecule has 0 saturated carbocycles. The molecule has 4 rings (SSSR count). The molecule has 0 aliphatic carbocycles. The highest BCUT2D eigenvalue weighted by molar-refractivity contribution is 6.09. The van der Waals surface area contributed by atoms with Gasteiger partial charge in [0.05, 0.1) is 0 Å². The van der Waals surface area contributed by atoms with E-state index in [0.29, 0.717) is 24.2 Å². The van der Waals surface area contributed by atoms with Gasteiger partial charge >= 0.3 is 0 Å². The summed E-state index contributed by atoms with van der Waals surface area (Å²) in [7, 11) is 0. The summed E-state index contributed by atoms with van der Waals surface area (Å²) in [6.07, 6.45) is 6.15. The van der Waals surface area contributed by atoms with E-state index >= 15 is 0 Å². The Morgan fingerprint density at radius 2 is 1.91 bits per heavy atom. The van der Waals surface area contributed by atoms with E-state index in [-0.39, 0.29) is 24.1 Å². The smallest absolute Gasteiger partial charge is 0.253 e. The monoisotopic (exact) mass is 459 g/mol. The number of hydrogen-bond donors (Lipinski definition) is 4. The van der Waals surface area contributed by atoms with Gasteiger partial charge in [-0.1, -0.05) is 6.08 Å². The molecule has 1 aromatic carbocycles. The van der Waals surface area contributed by atoms with Gasteiger partial charge in [-0.15, -0.1) is 0 Å². The number of amides is 1. The standard InChI is InChI=1S/C27H33N5O2/c1-15(2)32-14-17(4)25-22(26(33)30-13-23-16(3)8-18(5)31-27(23)34)9-20(10-24(25)32)19-6-7-21(11-28)29-12-19/h6-10,14-15,29H,11-13,28H2,1-5H3,(H,30,33)(H,31,34). The van der Waals surface area contributed by atoms with Gasteiger partial charge in [0.25, 0.3) is 11.5 Å². The SMILES string of the molecule is Cc1cc(C)c(CNC(=O)c2cc(C3=CC=C(CN)NC3)cc3c2c(C)cn3C(C)C)c(=O)[nH]1. The molecular formula is C27H33N5O2. The van der Waals surface area contributed by atoms with Crippen LogP contribution in [-0.2, 0) is 6.54 Å². The number of aromatic nitrogens is 2. The maximum Gasteiger partial charge on any atom is 0.253 e. The molecule has 0 atom stereocenters. The third kappa shape index (κ3) is 4.43. The minimum atomic E-state index is -0.196. The van der Waals surface area contributed by atoms with E-state index in [4.69, 9.17) is 5.73 Å². The number of carbonyl (C=O) groups is 1. The maximum atomic E-state index is 13.5. The predicted molar refractivity (Wildman–Crippen MR) is 138 cm³/mol. The van der Waals surface area contributed by atoms with Crippen LogP contribution in [0, 0.1) is 20.8 Å². The highest BCUT2D eigenvalue weighted by atomic mass is 16.1. The Hall–Kier alpha value is -3.58. The van der Waals surface area contributed by atoms with Crippen molar-refractivity contribution in [1.82, 2.24) is 20.2 Å². The Morgan fingerprint density at radius 3 is 2.53 bits per heavy atom. The van der Waals surface area contributed by atoms with Crippen molar-refractivity contribution in [3.8, 4) is 0 Å². The van der Waals surface area contributed by atoms with Gasteiger partial charge in [-0.3, -0.25) is 9.59 Å². The molecule has 0 fully saturated rings. The van der Waals surface area contributed by atoms with E-state index in [1.807, 2.05) is 39.0 Å². The van der Waals surface area contributed by atoms with Crippen molar-refractivity contribution in [2.75, 3.05) is 13.1 Å². The first-order valence-electron chi connectivity index (χ1n) is 11.7. The Bertz CT molecular complexity index is 1390. The maximum absolute atomic E-state index is 13.5. The number of dihydropyridines is 1. The van der Waals surface area contributed by atoms with E-state index < -0.39 is 0 Å². The summed E-state index contributed by atoms with van der Waals surface area (Å²) in [4.78, 5) is 28.7. The lowest BCUT2D eigenvalue weighted by molar-refractivity contribution is 0.0952. The summed E-state index contributed by atoms with van der Waals surface area (Å²) in [5.41, 5.74) is 13.6. The number of hydrogen-bond acceptors (Lipinski definition) is 4. The van der Waals surface area contributed by atoms with Crippen LogP contribution in [0.5, 0.6) is 0 Å². The Kier molecular flexibility index (Phi) is 6.48. The van der Waals surface area contributed by atoms with E-state index in [0.717, 1.165) is 44.6 Å². The van der Waals surface area contributed by atoms with Crippen LogP contribution in [0.2, 0.25) is 0 Å². The van der Waals surface area contributed by atoms with Gasteiger partial charge < -0.3 is 25.9 Å². The van der Waals surface area contributed by atoms with Crippen LogP contribution >= 0.6 is 0 Å². The quantitative estimate of drug-likeness (QED) is 0.452. The Labute approximate surface area is 199 Å². The highest BCUT2D eigenvalue weighted by Gasteiger charge is 2.20. The average Bonchev–Trinajstić information content (AvgIpc) is 3.14. The van der Waals surface area contributed by atoms with Gasteiger partial charge in [0.2, 0.25) is 0 Å². The number of aromatic amines is 1. The van der Waals surface area contributed by atoms with E-state index in [9.17, 15) is 9.59 Å². The molecule has 0 bridgehead atoms. The molecule has 3 aromatic rings. The van der Waals surface area contributed by atoms with Gasteiger partial charge in [-0.2, -0.15) is 0 Å². The summed E-state index contributed by atoms with van der Waals surface area (Å²) in [5.74, 6) is -0.196. The van der Waals surface area contributed by atoms with Gasteiger partial charge in [-0.05, 0) is 81.2 Å². The van der Waals surface area contributed by atoms with Crippen LogP contribution in [0.25, 0.3) is 16.5 Å². The zero-order valence-corrected chi connectivity index (χ0v) is 20.5. The molecule has 7 heteroatoms. The number of nitrogens with one attached hydrogen (secondary N) is 3. The van der Waals surface area contributed by atoms with Crippen LogP contribution in [0.1, 0.15) is 58.2 Å². The molecule has 3 heterocycles. The normalized spacial score (nSPS) is 13.6. The average molecular weight is 460 g/mol.